The van der Waals surface area contributed by atoms with Crippen molar-refractivity contribution in [3.8, 4) is 0 Å². The fourth-order valence-electron chi connectivity index (χ4n) is 1.94. The minimum absolute atomic E-state index is 0.404. The van der Waals surface area contributed by atoms with Crippen LogP contribution in [0.4, 0.5) is 0 Å². The van der Waals surface area contributed by atoms with Gasteiger partial charge in [-0.05, 0) is 37.5 Å². The maximum atomic E-state index is 5.82. The number of hydrogen-bond donors (Lipinski definition) is 1. The Balaban J connectivity index is 2.43. The van der Waals surface area contributed by atoms with Gasteiger partial charge in [-0.3, -0.25) is 0 Å². The van der Waals surface area contributed by atoms with E-state index in [1.807, 2.05) is 0 Å². The highest BCUT2D eigenvalue weighted by molar-refractivity contribution is 4.85. The first-order valence-electron chi connectivity index (χ1n) is 4.27. The molecule has 0 amide bonds. The quantitative estimate of drug-likeness (QED) is 0.595. The van der Waals surface area contributed by atoms with E-state index in [4.69, 9.17) is 5.73 Å². The molecule has 0 heterocycles. The normalized spacial score (nSPS) is 34.2. The van der Waals surface area contributed by atoms with Gasteiger partial charge < -0.3 is 5.73 Å². The van der Waals surface area contributed by atoms with Gasteiger partial charge in [-0.2, -0.15) is 0 Å². The van der Waals surface area contributed by atoms with Crippen LogP contribution in [0.1, 0.15) is 40.0 Å². The van der Waals surface area contributed by atoms with Crippen molar-refractivity contribution in [1.82, 2.24) is 0 Å². The topological polar surface area (TPSA) is 26.0 Å². The molecule has 1 nitrogen and oxygen atoms in total. The Hall–Kier alpha value is -0.0400. The van der Waals surface area contributed by atoms with E-state index in [2.05, 4.69) is 20.8 Å². The van der Waals surface area contributed by atoms with Gasteiger partial charge in [0.25, 0.3) is 0 Å². The van der Waals surface area contributed by atoms with Gasteiger partial charge in [-0.1, -0.05) is 13.8 Å². The highest BCUT2D eigenvalue weighted by Crippen LogP contribution is 2.41. The second-order valence-electron chi connectivity index (χ2n) is 4.53. The first-order valence-corrected chi connectivity index (χ1v) is 4.27. The molecule has 0 saturated heterocycles. The lowest BCUT2D eigenvalue weighted by Crippen LogP contribution is -2.25. The summed E-state index contributed by atoms with van der Waals surface area (Å²) in [5.41, 5.74) is 6.39. The Morgan fingerprint density at radius 3 is 2.30 bits per heavy atom. The Bertz CT molecular complexity index is 116. The lowest BCUT2D eigenvalue weighted by Gasteiger charge is -2.18. The van der Waals surface area contributed by atoms with Crippen LogP contribution in [0.25, 0.3) is 0 Å². The highest BCUT2D eigenvalue weighted by Gasteiger charge is 2.32. The average Bonchev–Trinajstić information content (AvgIpc) is 2.10. The predicted octanol–water partition coefficient (Wildman–Crippen LogP) is 2.16. The standard InChI is InChI=1S/C9H19N/c1-7(10)8-4-5-9(2,3)6-8/h7-8H,4-6,10H2,1-3H3/t7-,8?/m1/s1. The van der Waals surface area contributed by atoms with E-state index < -0.39 is 0 Å². The van der Waals surface area contributed by atoms with Crippen LogP contribution in [-0.2, 0) is 0 Å². The zero-order valence-corrected chi connectivity index (χ0v) is 7.35. The van der Waals surface area contributed by atoms with E-state index in [1.165, 1.54) is 19.3 Å². The van der Waals surface area contributed by atoms with Crippen molar-refractivity contribution in [3.63, 3.8) is 0 Å². The molecule has 0 spiro atoms. The summed E-state index contributed by atoms with van der Waals surface area (Å²) >= 11 is 0. The van der Waals surface area contributed by atoms with Crippen LogP contribution < -0.4 is 5.73 Å². The third kappa shape index (κ3) is 1.72. The van der Waals surface area contributed by atoms with Crippen LogP contribution >= 0.6 is 0 Å². The highest BCUT2D eigenvalue weighted by atomic mass is 14.6. The molecule has 1 heteroatoms. The molecule has 0 aromatic heterocycles. The molecule has 10 heavy (non-hydrogen) atoms. The molecule has 1 fully saturated rings. The van der Waals surface area contributed by atoms with Crippen LogP contribution in [0.3, 0.4) is 0 Å². The van der Waals surface area contributed by atoms with Crippen LogP contribution in [-0.4, -0.2) is 6.04 Å². The van der Waals surface area contributed by atoms with Crippen molar-refractivity contribution in [2.45, 2.75) is 46.1 Å². The molecule has 2 N–H and O–H groups in total. The molecule has 1 aliphatic rings. The van der Waals surface area contributed by atoms with Crippen molar-refractivity contribution >= 4 is 0 Å². The van der Waals surface area contributed by atoms with Crippen molar-refractivity contribution in [2.75, 3.05) is 0 Å². The minimum Gasteiger partial charge on any atom is -0.328 e. The number of hydrogen-bond acceptors (Lipinski definition) is 1. The lowest BCUT2D eigenvalue weighted by molar-refractivity contribution is 0.345. The average molecular weight is 141 g/mol. The molecule has 0 bridgehead atoms. The van der Waals surface area contributed by atoms with Crippen LogP contribution in [0, 0.1) is 11.3 Å². The molecule has 1 rings (SSSR count). The first kappa shape index (κ1) is 8.06. The van der Waals surface area contributed by atoms with E-state index in [9.17, 15) is 0 Å². The van der Waals surface area contributed by atoms with Crippen LogP contribution in [0.15, 0.2) is 0 Å². The van der Waals surface area contributed by atoms with Gasteiger partial charge in [0.05, 0.1) is 0 Å². The lowest BCUT2D eigenvalue weighted by atomic mass is 9.89. The maximum Gasteiger partial charge on any atom is 0.00389 e. The fraction of sp³-hybridized carbons (Fsp3) is 1.00. The summed E-state index contributed by atoms with van der Waals surface area (Å²) in [6, 6.07) is 0.404. The van der Waals surface area contributed by atoms with E-state index >= 15 is 0 Å². The minimum atomic E-state index is 0.404. The zero-order chi connectivity index (χ0) is 7.78. The van der Waals surface area contributed by atoms with E-state index in [1.54, 1.807) is 0 Å². The first-order chi connectivity index (χ1) is 4.51. The molecule has 0 aromatic rings. The molecule has 2 atom stereocenters. The molecule has 0 radical (unpaired) electrons. The Labute approximate surface area is 64.0 Å². The molecule has 0 aromatic carbocycles. The summed E-state index contributed by atoms with van der Waals surface area (Å²) in [7, 11) is 0. The molecule has 60 valence electrons. The molecular formula is C9H19N. The van der Waals surface area contributed by atoms with Crippen LogP contribution in [0.5, 0.6) is 0 Å². The fourth-order valence-corrected chi connectivity index (χ4v) is 1.94. The molecule has 1 aliphatic carbocycles. The van der Waals surface area contributed by atoms with Gasteiger partial charge >= 0.3 is 0 Å². The summed E-state index contributed by atoms with van der Waals surface area (Å²) in [5.74, 6) is 0.787. The monoisotopic (exact) mass is 141 g/mol. The summed E-state index contributed by atoms with van der Waals surface area (Å²) < 4.78 is 0. The Kier molecular flexibility index (Phi) is 2.04. The second-order valence-corrected chi connectivity index (χ2v) is 4.53. The molecule has 1 saturated carbocycles. The zero-order valence-electron chi connectivity index (χ0n) is 7.35. The van der Waals surface area contributed by atoms with Crippen molar-refractivity contribution in [2.24, 2.45) is 17.1 Å². The van der Waals surface area contributed by atoms with E-state index in [-0.39, 0.29) is 0 Å². The van der Waals surface area contributed by atoms with Crippen molar-refractivity contribution in [1.29, 1.82) is 0 Å². The second kappa shape index (κ2) is 2.54. The third-order valence-electron chi connectivity index (χ3n) is 2.75. The maximum absolute atomic E-state index is 5.82. The summed E-state index contributed by atoms with van der Waals surface area (Å²) in [6.45, 7) is 6.82. The third-order valence-corrected chi connectivity index (χ3v) is 2.75. The van der Waals surface area contributed by atoms with E-state index in [0.29, 0.717) is 11.5 Å². The van der Waals surface area contributed by atoms with Gasteiger partial charge in [0.1, 0.15) is 0 Å². The van der Waals surface area contributed by atoms with Crippen LogP contribution in [0.2, 0.25) is 0 Å². The predicted molar refractivity (Wildman–Crippen MR) is 44.8 cm³/mol. The van der Waals surface area contributed by atoms with Gasteiger partial charge in [0, 0.05) is 6.04 Å². The Morgan fingerprint density at radius 2 is 2.10 bits per heavy atom. The molecule has 0 aliphatic heterocycles. The van der Waals surface area contributed by atoms with E-state index in [0.717, 1.165) is 5.92 Å². The Morgan fingerprint density at radius 1 is 1.50 bits per heavy atom. The summed E-state index contributed by atoms with van der Waals surface area (Å²) in [6.07, 6.45) is 4.02. The SMILES string of the molecule is C[C@@H](N)C1CCC(C)(C)C1. The van der Waals surface area contributed by atoms with Gasteiger partial charge in [-0.25, -0.2) is 0 Å². The van der Waals surface area contributed by atoms with Crippen molar-refractivity contribution in [3.05, 3.63) is 0 Å². The number of nitrogens with two attached hydrogens (primary N) is 1. The number of rotatable bonds is 1. The van der Waals surface area contributed by atoms with Gasteiger partial charge in [0.15, 0.2) is 0 Å². The molecular weight excluding hydrogens is 122 g/mol. The summed E-state index contributed by atoms with van der Waals surface area (Å²) in [4.78, 5) is 0. The molecule has 1 unspecified atom stereocenters. The smallest absolute Gasteiger partial charge is 0.00389 e. The summed E-state index contributed by atoms with van der Waals surface area (Å²) in [5, 5.41) is 0. The van der Waals surface area contributed by atoms with Crippen molar-refractivity contribution < 1.29 is 0 Å². The van der Waals surface area contributed by atoms with Gasteiger partial charge in [-0.15, -0.1) is 0 Å². The van der Waals surface area contributed by atoms with Gasteiger partial charge in [0.2, 0.25) is 0 Å². The largest absolute Gasteiger partial charge is 0.328 e.